The van der Waals surface area contributed by atoms with E-state index in [4.69, 9.17) is 4.98 Å². The number of nitrogens with zero attached hydrogens (tertiary/aromatic N) is 3. The molecule has 0 unspecified atom stereocenters. The van der Waals surface area contributed by atoms with E-state index in [9.17, 15) is 0 Å². The maximum atomic E-state index is 4.73. The van der Waals surface area contributed by atoms with Crippen molar-refractivity contribution in [3.05, 3.63) is 23.5 Å². The molecule has 1 fully saturated rings. The van der Waals surface area contributed by atoms with Crippen LogP contribution in [0, 0.1) is 12.3 Å². The van der Waals surface area contributed by atoms with Gasteiger partial charge in [-0.2, -0.15) is 9.61 Å². The number of hydrogen-bond acceptors (Lipinski definition) is 3. The van der Waals surface area contributed by atoms with Gasteiger partial charge in [0.15, 0.2) is 5.65 Å². The SMILES string of the molecule is CNc1cc(CC2(C)CC2)nc2c(C)cnn12. The van der Waals surface area contributed by atoms with Crippen molar-refractivity contribution in [2.45, 2.75) is 33.1 Å². The van der Waals surface area contributed by atoms with Crippen LogP contribution in [0.4, 0.5) is 5.82 Å². The summed E-state index contributed by atoms with van der Waals surface area (Å²) in [5, 5.41) is 7.52. The molecule has 4 heteroatoms. The Hall–Kier alpha value is -1.58. The maximum Gasteiger partial charge on any atom is 0.160 e. The first kappa shape index (κ1) is 10.6. The van der Waals surface area contributed by atoms with Crippen LogP contribution in [0.3, 0.4) is 0 Å². The molecule has 0 amide bonds. The van der Waals surface area contributed by atoms with Crippen molar-refractivity contribution in [2.24, 2.45) is 5.41 Å². The second kappa shape index (κ2) is 3.45. The van der Waals surface area contributed by atoms with E-state index in [0.717, 1.165) is 23.4 Å². The lowest BCUT2D eigenvalue weighted by Crippen LogP contribution is -2.07. The predicted molar refractivity (Wildman–Crippen MR) is 68.3 cm³/mol. The first-order chi connectivity index (χ1) is 8.11. The molecule has 90 valence electrons. The van der Waals surface area contributed by atoms with Crippen LogP contribution in [0.15, 0.2) is 12.3 Å². The lowest BCUT2D eigenvalue weighted by molar-refractivity contribution is 0.561. The molecule has 2 aromatic heterocycles. The molecule has 17 heavy (non-hydrogen) atoms. The van der Waals surface area contributed by atoms with Crippen LogP contribution in [0.1, 0.15) is 31.0 Å². The van der Waals surface area contributed by atoms with E-state index in [0.29, 0.717) is 5.41 Å². The van der Waals surface area contributed by atoms with Crippen LogP contribution in [0.2, 0.25) is 0 Å². The number of aromatic nitrogens is 3. The minimum atomic E-state index is 0.490. The van der Waals surface area contributed by atoms with Crippen molar-refractivity contribution in [1.82, 2.24) is 14.6 Å². The Kier molecular flexibility index (Phi) is 2.15. The molecule has 0 spiro atoms. The molecule has 0 atom stereocenters. The highest BCUT2D eigenvalue weighted by Gasteiger charge is 2.37. The number of anilines is 1. The largest absolute Gasteiger partial charge is 0.373 e. The van der Waals surface area contributed by atoms with E-state index < -0.39 is 0 Å². The van der Waals surface area contributed by atoms with Gasteiger partial charge < -0.3 is 5.32 Å². The Labute approximate surface area is 101 Å². The lowest BCUT2D eigenvalue weighted by atomic mass is 10.0. The molecule has 0 aromatic carbocycles. The number of fused-ring (bicyclic) bond motifs is 1. The molecule has 1 aliphatic carbocycles. The van der Waals surface area contributed by atoms with E-state index in [1.54, 1.807) is 0 Å². The maximum absolute atomic E-state index is 4.73. The molecule has 0 bridgehead atoms. The normalized spacial score (nSPS) is 17.4. The highest BCUT2D eigenvalue weighted by atomic mass is 15.3. The van der Waals surface area contributed by atoms with Crippen molar-refractivity contribution in [2.75, 3.05) is 12.4 Å². The summed E-state index contributed by atoms with van der Waals surface area (Å²) in [6.07, 6.45) is 5.59. The molecule has 3 rings (SSSR count). The minimum Gasteiger partial charge on any atom is -0.373 e. The summed E-state index contributed by atoms with van der Waals surface area (Å²) in [5.74, 6) is 1.02. The zero-order chi connectivity index (χ0) is 12.0. The van der Waals surface area contributed by atoms with Gasteiger partial charge in [0.1, 0.15) is 5.82 Å². The Bertz CT molecular complexity index is 566. The van der Waals surface area contributed by atoms with Crippen molar-refractivity contribution in [1.29, 1.82) is 0 Å². The average Bonchev–Trinajstić information content (AvgIpc) is 2.91. The number of hydrogen-bond donors (Lipinski definition) is 1. The fraction of sp³-hybridized carbons (Fsp3) is 0.538. The summed E-state index contributed by atoms with van der Waals surface area (Å²) in [5.41, 5.74) is 3.76. The van der Waals surface area contributed by atoms with Crippen LogP contribution in [-0.4, -0.2) is 21.6 Å². The van der Waals surface area contributed by atoms with Gasteiger partial charge in [0.05, 0.1) is 6.20 Å². The minimum absolute atomic E-state index is 0.490. The molecule has 0 radical (unpaired) electrons. The first-order valence-electron chi connectivity index (χ1n) is 6.13. The van der Waals surface area contributed by atoms with Gasteiger partial charge in [-0.1, -0.05) is 6.92 Å². The molecular weight excluding hydrogens is 212 g/mol. The van der Waals surface area contributed by atoms with Crippen molar-refractivity contribution in [3.63, 3.8) is 0 Å². The lowest BCUT2D eigenvalue weighted by Gasteiger charge is -2.10. The summed E-state index contributed by atoms with van der Waals surface area (Å²) in [6, 6.07) is 2.11. The van der Waals surface area contributed by atoms with Crippen molar-refractivity contribution in [3.8, 4) is 0 Å². The van der Waals surface area contributed by atoms with Crippen LogP contribution in [0.25, 0.3) is 5.65 Å². The van der Waals surface area contributed by atoms with Gasteiger partial charge in [-0.15, -0.1) is 0 Å². The number of rotatable bonds is 3. The van der Waals surface area contributed by atoms with Gasteiger partial charge in [0.25, 0.3) is 0 Å². The standard InChI is InChI=1S/C13H18N4/c1-9-8-15-17-11(14-3)6-10(16-12(9)17)7-13(2)4-5-13/h6,8,14H,4-5,7H2,1-3H3. The third kappa shape index (κ3) is 1.77. The molecule has 4 nitrogen and oxygen atoms in total. The van der Waals surface area contributed by atoms with E-state index in [2.05, 4.69) is 30.3 Å². The van der Waals surface area contributed by atoms with Crippen LogP contribution in [-0.2, 0) is 6.42 Å². The molecule has 1 saturated carbocycles. The quantitative estimate of drug-likeness (QED) is 0.880. The number of aryl methyl sites for hydroxylation is 1. The van der Waals surface area contributed by atoms with Crippen LogP contribution >= 0.6 is 0 Å². The molecule has 0 aliphatic heterocycles. The van der Waals surface area contributed by atoms with Crippen molar-refractivity contribution < 1.29 is 0 Å². The van der Waals surface area contributed by atoms with E-state index >= 15 is 0 Å². The van der Waals surface area contributed by atoms with Gasteiger partial charge in [0, 0.05) is 24.4 Å². The fourth-order valence-corrected chi connectivity index (χ4v) is 2.22. The van der Waals surface area contributed by atoms with Crippen LogP contribution < -0.4 is 5.32 Å². The van der Waals surface area contributed by atoms with Crippen molar-refractivity contribution >= 4 is 11.5 Å². The Balaban J connectivity index is 2.09. The molecular formula is C13H18N4. The monoisotopic (exact) mass is 230 g/mol. The molecule has 2 aromatic rings. The Morgan fingerprint density at radius 1 is 1.47 bits per heavy atom. The van der Waals surface area contributed by atoms with Gasteiger partial charge in [-0.05, 0) is 31.6 Å². The van der Waals surface area contributed by atoms with Gasteiger partial charge in [-0.25, -0.2) is 4.98 Å². The Morgan fingerprint density at radius 2 is 2.24 bits per heavy atom. The van der Waals surface area contributed by atoms with E-state index in [1.165, 1.54) is 18.5 Å². The smallest absolute Gasteiger partial charge is 0.160 e. The highest BCUT2D eigenvalue weighted by molar-refractivity contribution is 5.53. The summed E-state index contributed by atoms with van der Waals surface area (Å²) in [6.45, 7) is 4.39. The summed E-state index contributed by atoms with van der Waals surface area (Å²) >= 11 is 0. The summed E-state index contributed by atoms with van der Waals surface area (Å²) < 4.78 is 1.87. The molecule has 0 saturated heterocycles. The topological polar surface area (TPSA) is 42.2 Å². The third-order valence-electron chi connectivity index (χ3n) is 3.67. The molecule has 1 N–H and O–H groups in total. The second-order valence-corrected chi connectivity index (χ2v) is 5.43. The zero-order valence-electron chi connectivity index (χ0n) is 10.6. The molecule has 2 heterocycles. The van der Waals surface area contributed by atoms with Gasteiger partial charge >= 0.3 is 0 Å². The molecule has 1 aliphatic rings. The fourth-order valence-electron chi connectivity index (χ4n) is 2.22. The van der Waals surface area contributed by atoms with E-state index in [-0.39, 0.29) is 0 Å². The Morgan fingerprint density at radius 3 is 2.88 bits per heavy atom. The van der Waals surface area contributed by atoms with E-state index in [1.807, 2.05) is 17.8 Å². The highest BCUT2D eigenvalue weighted by Crippen LogP contribution is 2.47. The zero-order valence-corrected chi connectivity index (χ0v) is 10.6. The summed E-state index contributed by atoms with van der Waals surface area (Å²) in [7, 11) is 1.93. The summed E-state index contributed by atoms with van der Waals surface area (Å²) in [4.78, 5) is 4.73. The average molecular weight is 230 g/mol. The predicted octanol–water partition coefficient (Wildman–Crippen LogP) is 2.42. The van der Waals surface area contributed by atoms with Gasteiger partial charge in [-0.3, -0.25) is 0 Å². The van der Waals surface area contributed by atoms with Gasteiger partial charge in [0.2, 0.25) is 0 Å². The third-order valence-corrected chi connectivity index (χ3v) is 3.67. The second-order valence-electron chi connectivity index (χ2n) is 5.43. The number of nitrogens with one attached hydrogen (secondary N) is 1. The van der Waals surface area contributed by atoms with Crippen LogP contribution in [0.5, 0.6) is 0 Å². The first-order valence-corrected chi connectivity index (χ1v) is 6.13.